The van der Waals surface area contributed by atoms with Gasteiger partial charge in [-0.2, -0.15) is 13.2 Å². The number of aromatic nitrogens is 1. The highest BCUT2D eigenvalue weighted by Crippen LogP contribution is 2.31. The lowest BCUT2D eigenvalue weighted by molar-refractivity contribution is -0.137. The second-order valence-electron chi connectivity index (χ2n) is 7.20. The number of oxazole rings is 1. The Morgan fingerprint density at radius 3 is 2.13 bits per heavy atom. The Morgan fingerprint density at radius 2 is 1.48 bits per heavy atom. The molecule has 0 spiro atoms. The van der Waals surface area contributed by atoms with E-state index in [0.717, 1.165) is 23.3 Å². The van der Waals surface area contributed by atoms with E-state index < -0.39 is 11.7 Å². The fraction of sp³-hybridized carbons (Fsp3) is 0.115. The number of nitrogens with zero attached hydrogens (tertiary/aromatic N) is 1. The Kier molecular flexibility index (Phi) is 6.03. The third-order valence-corrected chi connectivity index (χ3v) is 4.98. The van der Waals surface area contributed by atoms with Crippen molar-refractivity contribution in [3.05, 3.63) is 120 Å². The van der Waals surface area contributed by atoms with E-state index in [2.05, 4.69) is 29.3 Å². The fourth-order valence-electron chi connectivity index (χ4n) is 3.34. The topological polar surface area (TPSA) is 26.0 Å². The molecule has 0 saturated heterocycles. The van der Waals surface area contributed by atoms with Gasteiger partial charge in [0.15, 0.2) is 0 Å². The van der Waals surface area contributed by atoms with Crippen molar-refractivity contribution in [2.45, 2.75) is 18.5 Å². The first kappa shape index (κ1) is 20.7. The fourth-order valence-corrected chi connectivity index (χ4v) is 3.34. The Bertz CT molecular complexity index is 1130. The average molecular weight is 419 g/mol. The third-order valence-electron chi connectivity index (χ3n) is 4.98. The van der Waals surface area contributed by atoms with Crippen LogP contribution >= 0.6 is 0 Å². The van der Waals surface area contributed by atoms with Gasteiger partial charge in [-0.25, -0.2) is 4.98 Å². The SMILES string of the molecule is FC(F)(F)c1ccc(-c2ncc(CC(/C=C/c3ccccc3)c3ccccc3)o2)cc1. The molecule has 1 heterocycles. The van der Waals surface area contributed by atoms with Crippen LogP contribution in [0, 0.1) is 0 Å². The molecule has 156 valence electrons. The zero-order valence-electron chi connectivity index (χ0n) is 16.6. The lowest BCUT2D eigenvalue weighted by Crippen LogP contribution is -2.03. The van der Waals surface area contributed by atoms with Gasteiger partial charge < -0.3 is 4.42 Å². The number of hydrogen-bond acceptors (Lipinski definition) is 2. The number of allylic oxidation sites excluding steroid dienone is 1. The van der Waals surface area contributed by atoms with Crippen LogP contribution < -0.4 is 0 Å². The van der Waals surface area contributed by atoms with E-state index in [9.17, 15) is 13.2 Å². The Hall–Kier alpha value is -3.60. The molecule has 1 unspecified atom stereocenters. The van der Waals surface area contributed by atoms with Crippen LogP contribution in [0.25, 0.3) is 17.5 Å². The van der Waals surface area contributed by atoms with Crippen molar-refractivity contribution in [2.75, 3.05) is 0 Å². The maximum Gasteiger partial charge on any atom is 0.416 e. The van der Waals surface area contributed by atoms with Gasteiger partial charge in [0.05, 0.1) is 11.8 Å². The summed E-state index contributed by atoms with van der Waals surface area (Å²) in [6.07, 6.45) is 2.06. The van der Waals surface area contributed by atoms with E-state index in [1.807, 2.05) is 48.5 Å². The van der Waals surface area contributed by atoms with Crippen molar-refractivity contribution < 1.29 is 17.6 Å². The summed E-state index contributed by atoms with van der Waals surface area (Å²) in [6.45, 7) is 0. The van der Waals surface area contributed by atoms with E-state index in [1.54, 1.807) is 6.20 Å². The molecule has 0 aliphatic rings. The first-order chi connectivity index (χ1) is 15.0. The third kappa shape index (κ3) is 5.31. The highest BCUT2D eigenvalue weighted by Gasteiger charge is 2.30. The summed E-state index contributed by atoms with van der Waals surface area (Å²) in [6, 6.07) is 24.9. The quantitative estimate of drug-likeness (QED) is 0.325. The maximum absolute atomic E-state index is 12.8. The number of rotatable bonds is 6. The van der Waals surface area contributed by atoms with Crippen molar-refractivity contribution >= 4 is 6.08 Å². The van der Waals surface area contributed by atoms with Crippen LogP contribution in [0.5, 0.6) is 0 Å². The number of alkyl halides is 3. The number of halogens is 3. The molecular weight excluding hydrogens is 399 g/mol. The maximum atomic E-state index is 12.8. The standard InChI is InChI=1S/C26H20F3NO/c27-26(28,29)23-15-13-21(14-16-23)25-30-18-24(31-25)17-22(20-9-5-2-6-10-20)12-11-19-7-3-1-4-8-19/h1-16,18,22H,17H2/b12-11+. The summed E-state index contributed by atoms with van der Waals surface area (Å²) in [4.78, 5) is 4.27. The first-order valence-electron chi connectivity index (χ1n) is 9.89. The lowest BCUT2D eigenvalue weighted by Gasteiger charge is -2.12. The van der Waals surface area contributed by atoms with E-state index in [0.29, 0.717) is 23.6 Å². The molecule has 0 fully saturated rings. The molecule has 1 atom stereocenters. The van der Waals surface area contributed by atoms with Gasteiger partial charge in [0.1, 0.15) is 5.76 Å². The van der Waals surface area contributed by atoms with Crippen molar-refractivity contribution in [3.63, 3.8) is 0 Å². The molecule has 0 N–H and O–H groups in total. The molecule has 5 heteroatoms. The highest BCUT2D eigenvalue weighted by atomic mass is 19.4. The smallest absolute Gasteiger partial charge is 0.416 e. The minimum absolute atomic E-state index is 0.0646. The summed E-state index contributed by atoms with van der Waals surface area (Å²) < 4.78 is 44.2. The summed E-state index contributed by atoms with van der Waals surface area (Å²) in [5.74, 6) is 1.04. The molecule has 3 aromatic carbocycles. The molecule has 2 nitrogen and oxygen atoms in total. The zero-order chi connectivity index (χ0) is 21.7. The molecule has 0 aliphatic carbocycles. The van der Waals surface area contributed by atoms with Crippen LogP contribution in [0.3, 0.4) is 0 Å². The Labute approximate surface area is 178 Å². The van der Waals surface area contributed by atoms with Gasteiger partial charge in [-0.05, 0) is 35.4 Å². The summed E-state index contributed by atoms with van der Waals surface area (Å²) in [5.41, 5.74) is 2.06. The van der Waals surface area contributed by atoms with Crippen molar-refractivity contribution in [1.29, 1.82) is 0 Å². The van der Waals surface area contributed by atoms with Crippen molar-refractivity contribution in [1.82, 2.24) is 4.98 Å². The second kappa shape index (κ2) is 9.04. The molecule has 0 aliphatic heterocycles. The highest BCUT2D eigenvalue weighted by molar-refractivity contribution is 5.54. The predicted molar refractivity (Wildman–Crippen MR) is 115 cm³/mol. The minimum atomic E-state index is -4.37. The van der Waals surface area contributed by atoms with Gasteiger partial charge in [0.2, 0.25) is 5.89 Å². The van der Waals surface area contributed by atoms with Gasteiger partial charge in [-0.1, -0.05) is 72.8 Å². The largest absolute Gasteiger partial charge is 0.441 e. The molecule has 4 rings (SSSR count). The molecule has 1 aromatic heterocycles. The van der Waals surface area contributed by atoms with Gasteiger partial charge in [-0.3, -0.25) is 0 Å². The number of benzene rings is 3. The molecule has 4 aromatic rings. The molecule has 0 radical (unpaired) electrons. The van der Waals surface area contributed by atoms with Gasteiger partial charge in [-0.15, -0.1) is 0 Å². The normalized spacial score (nSPS) is 12.9. The van der Waals surface area contributed by atoms with Gasteiger partial charge in [0.25, 0.3) is 0 Å². The summed E-state index contributed by atoms with van der Waals surface area (Å²) in [5, 5.41) is 0. The van der Waals surface area contributed by atoms with E-state index in [4.69, 9.17) is 4.42 Å². The molecule has 0 saturated carbocycles. The number of hydrogen-bond donors (Lipinski definition) is 0. The van der Waals surface area contributed by atoms with Crippen LogP contribution in [-0.2, 0) is 12.6 Å². The van der Waals surface area contributed by atoms with Crippen LogP contribution in [-0.4, -0.2) is 4.98 Å². The summed E-state index contributed by atoms with van der Waals surface area (Å²) in [7, 11) is 0. The van der Waals surface area contributed by atoms with Gasteiger partial charge >= 0.3 is 6.18 Å². The Morgan fingerprint density at radius 1 is 0.839 bits per heavy atom. The molecular formula is C26H20F3NO. The van der Waals surface area contributed by atoms with Crippen LogP contribution in [0.1, 0.15) is 28.4 Å². The second-order valence-corrected chi connectivity index (χ2v) is 7.20. The average Bonchev–Trinajstić information content (AvgIpc) is 3.26. The van der Waals surface area contributed by atoms with Crippen LogP contribution in [0.2, 0.25) is 0 Å². The summed E-state index contributed by atoms with van der Waals surface area (Å²) >= 11 is 0. The van der Waals surface area contributed by atoms with Crippen LogP contribution in [0.4, 0.5) is 13.2 Å². The van der Waals surface area contributed by atoms with E-state index in [-0.39, 0.29) is 5.92 Å². The zero-order valence-corrected chi connectivity index (χ0v) is 16.6. The van der Waals surface area contributed by atoms with Gasteiger partial charge in [0, 0.05) is 17.9 Å². The molecule has 31 heavy (non-hydrogen) atoms. The van der Waals surface area contributed by atoms with E-state index >= 15 is 0 Å². The van der Waals surface area contributed by atoms with Crippen LogP contribution in [0.15, 0.2) is 102 Å². The van der Waals surface area contributed by atoms with Crippen molar-refractivity contribution in [3.8, 4) is 11.5 Å². The van der Waals surface area contributed by atoms with E-state index in [1.165, 1.54) is 12.1 Å². The minimum Gasteiger partial charge on any atom is -0.441 e. The first-order valence-corrected chi connectivity index (χ1v) is 9.89. The Balaban J connectivity index is 1.55. The van der Waals surface area contributed by atoms with Crippen molar-refractivity contribution in [2.24, 2.45) is 0 Å². The monoisotopic (exact) mass is 419 g/mol. The lowest BCUT2D eigenvalue weighted by atomic mass is 9.93. The molecule has 0 bridgehead atoms. The predicted octanol–water partition coefficient (Wildman–Crippen LogP) is 7.40. The molecule has 0 amide bonds.